The maximum atomic E-state index is 4.56. The molecule has 0 aliphatic heterocycles. The van der Waals surface area contributed by atoms with E-state index in [4.69, 9.17) is 0 Å². The lowest BCUT2D eigenvalue weighted by atomic mass is 10.0. The normalized spacial score (nSPS) is 10.8. The molecule has 0 atom stereocenters. The van der Waals surface area contributed by atoms with Crippen LogP contribution in [0.5, 0.6) is 0 Å². The molecule has 1 heterocycles. The Hall–Kier alpha value is -1.09. The molecular formula is C13H15BrN2. The van der Waals surface area contributed by atoms with E-state index in [9.17, 15) is 0 Å². The molecule has 0 saturated heterocycles. The van der Waals surface area contributed by atoms with Crippen molar-refractivity contribution in [3.8, 4) is 11.4 Å². The van der Waals surface area contributed by atoms with Crippen molar-refractivity contribution in [2.75, 3.05) is 0 Å². The Morgan fingerprint density at radius 3 is 2.06 bits per heavy atom. The van der Waals surface area contributed by atoms with E-state index in [1.165, 1.54) is 16.7 Å². The second-order valence-corrected chi connectivity index (χ2v) is 5.13. The van der Waals surface area contributed by atoms with Gasteiger partial charge in [-0.25, -0.2) is 4.98 Å². The molecule has 0 aliphatic carbocycles. The van der Waals surface area contributed by atoms with Crippen LogP contribution in [-0.2, 0) is 0 Å². The van der Waals surface area contributed by atoms with E-state index in [0.717, 1.165) is 21.7 Å². The summed E-state index contributed by atoms with van der Waals surface area (Å²) in [4.78, 5) is 7.90. The monoisotopic (exact) mass is 278 g/mol. The molecule has 0 amide bonds. The minimum absolute atomic E-state index is 0.970. The van der Waals surface area contributed by atoms with Gasteiger partial charge in [-0.3, -0.25) is 0 Å². The van der Waals surface area contributed by atoms with Gasteiger partial charge in [-0.1, -0.05) is 15.9 Å². The molecule has 0 saturated carbocycles. The van der Waals surface area contributed by atoms with Gasteiger partial charge in [-0.2, -0.15) is 0 Å². The van der Waals surface area contributed by atoms with Gasteiger partial charge in [0.05, 0.1) is 5.69 Å². The van der Waals surface area contributed by atoms with Crippen molar-refractivity contribution in [2.24, 2.45) is 0 Å². The molecule has 0 fully saturated rings. The zero-order valence-corrected chi connectivity index (χ0v) is 11.6. The second kappa shape index (κ2) is 4.06. The third kappa shape index (κ3) is 1.92. The smallest absolute Gasteiger partial charge is 0.138 e. The number of imidazole rings is 1. The number of nitrogens with zero attached hydrogens (tertiary/aromatic N) is 1. The van der Waals surface area contributed by atoms with Crippen LogP contribution in [0.1, 0.15) is 22.5 Å². The first kappa shape index (κ1) is 11.4. The summed E-state index contributed by atoms with van der Waals surface area (Å²) in [6.45, 7) is 8.30. The second-order valence-electron chi connectivity index (χ2n) is 4.21. The van der Waals surface area contributed by atoms with Crippen LogP contribution >= 0.6 is 15.9 Å². The van der Waals surface area contributed by atoms with Crippen molar-refractivity contribution < 1.29 is 0 Å². The predicted octanol–water partition coefficient (Wildman–Crippen LogP) is 4.07. The SMILES string of the molecule is Cc1cc(Br)cc(C)c1-c1nc(C)c(C)[nH]1. The first-order valence-electron chi connectivity index (χ1n) is 5.29. The summed E-state index contributed by atoms with van der Waals surface area (Å²) in [5, 5.41) is 0. The first-order valence-corrected chi connectivity index (χ1v) is 6.08. The van der Waals surface area contributed by atoms with Crippen LogP contribution in [0.15, 0.2) is 16.6 Å². The third-order valence-corrected chi connectivity index (χ3v) is 3.32. The lowest BCUT2D eigenvalue weighted by molar-refractivity contribution is 1.22. The van der Waals surface area contributed by atoms with Gasteiger partial charge >= 0.3 is 0 Å². The zero-order chi connectivity index (χ0) is 11.9. The van der Waals surface area contributed by atoms with Crippen LogP contribution in [0.4, 0.5) is 0 Å². The highest BCUT2D eigenvalue weighted by atomic mass is 79.9. The largest absolute Gasteiger partial charge is 0.342 e. The van der Waals surface area contributed by atoms with Crippen molar-refractivity contribution in [2.45, 2.75) is 27.7 Å². The summed E-state index contributed by atoms with van der Waals surface area (Å²) in [5.74, 6) is 0.970. The Morgan fingerprint density at radius 2 is 1.62 bits per heavy atom. The molecular weight excluding hydrogens is 264 g/mol. The fourth-order valence-corrected chi connectivity index (χ4v) is 2.64. The average Bonchev–Trinajstić information content (AvgIpc) is 2.44. The fraction of sp³-hybridized carbons (Fsp3) is 0.308. The van der Waals surface area contributed by atoms with Crippen LogP contribution in [0.3, 0.4) is 0 Å². The molecule has 2 aromatic rings. The van der Waals surface area contributed by atoms with Crippen LogP contribution in [0.2, 0.25) is 0 Å². The molecule has 0 bridgehead atoms. The topological polar surface area (TPSA) is 28.7 Å². The van der Waals surface area contributed by atoms with Gasteiger partial charge in [-0.15, -0.1) is 0 Å². The number of H-pyrrole nitrogens is 1. The Kier molecular flexibility index (Phi) is 2.89. The Morgan fingerprint density at radius 1 is 1.06 bits per heavy atom. The summed E-state index contributed by atoms with van der Waals surface area (Å²) in [6.07, 6.45) is 0. The predicted molar refractivity (Wildman–Crippen MR) is 70.7 cm³/mol. The Balaban J connectivity index is 2.64. The van der Waals surface area contributed by atoms with E-state index < -0.39 is 0 Å². The lowest BCUT2D eigenvalue weighted by Crippen LogP contribution is -1.90. The maximum absolute atomic E-state index is 4.56. The number of benzene rings is 1. The van der Waals surface area contributed by atoms with Crippen LogP contribution in [0.25, 0.3) is 11.4 Å². The molecule has 2 rings (SSSR count). The number of hydrogen-bond donors (Lipinski definition) is 1. The van der Waals surface area contributed by atoms with Gasteiger partial charge in [-0.05, 0) is 51.0 Å². The first-order chi connectivity index (χ1) is 7.49. The molecule has 0 unspecified atom stereocenters. The van der Waals surface area contributed by atoms with Gasteiger partial charge in [0.2, 0.25) is 0 Å². The summed E-state index contributed by atoms with van der Waals surface area (Å²) < 4.78 is 1.12. The fourth-order valence-electron chi connectivity index (χ4n) is 1.95. The number of aromatic nitrogens is 2. The molecule has 2 nitrogen and oxygen atoms in total. The standard InChI is InChI=1S/C13H15BrN2/c1-7-5-11(14)6-8(2)12(7)13-15-9(3)10(4)16-13/h5-6H,1-4H3,(H,15,16). The van der Waals surface area contributed by atoms with E-state index in [0.29, 0.717) is 0 Å². The molecule has 16 heavy (non-hydrogen) atoms. The van der Waals surface area contributed by atoms with Crippen LogP contribution in [0, 0.1) is 27.7 Å². The van der Waals surface area contributed by atoms with Gasteiger partial charge in [0.25, 0.3) is 0 Å². The lowest BCUT2D eigenvalue weighted by Gasteiger charge is -2.07. The minimum atomic E-state index is 0.970. The van der Waals surface area contributed by atoms with Crippen molar-refractivity contribution in [1.82, 2.24) is 9.97 Å². The van der Waals surface area contributed by atoms with Crippen molar-refractivity contribution in [3.05, 3.63) is 39.1 Å². The van der Waals surface area contributed by atoms with E-state index in [-0.39, 0.29) is 0 Å². The number of aromatic amines is 1. The van der Waals surface area contributed by atoms with Gasteiger partial charge in [0, 0.05) is 15.7 Å². The van der Waals surface area contributed by atoms with E-state index >= 15 is 0 Å². The van der Waals surface area contributed by atoms with Gasteiger partial charge in [0.1, 0.15) is 5.82 Å². The highest BCUT2D eigenvalue weighted by Gasteiger charge is 2.11. The number of hydrogen-bond acceptors (Lipinski definition) is 1. The third-order valence-electron chi connectivity index (χ3n) is 2.86. The van der Waals surface area contributed by atoms with E-state index in [2.05, 4.69) is 58.8 Å². The molecule has 1 N–H and O–H groups in total. The van der Waals surface area contributed by atoms with Gasteiger partial charge < -0.3 is 4.98 Å². The minimum Gasteiger partial charge on any atom is -0.342 e. The van der Waals surface area contributed by atoms with Crippen LogP contribution < -0.4 is 0 Å². The summed E-state index contributed by atoms with van der Waals surface area (Å²) in [5.41, 5.74) is 5.88. The van der Waals surface area contributed by atoms with Gasteiger partial charge in [0.15, 0.2) is 0 Å². The molecule has 1 aromatic heterocycles. The quantitative estimate of drug-likeness (QED) is 0.837. The zero-order valence-electron chi connectivity index (χ0n) is 9.98. The van der Waals surface area contributed by atoms with Crippen molar-refractivity contribution >= 4 is 15.9 Å². The number of halogens is 1. The Bertz CT molecular complexity index is 498. The molecule has 3 heteroatoms. The highest BCUT2D eigenvalue weighted by molar-refractivity contribution is 9.10. The van der Waals surface area contributed by atoms with Crippen molar-refractivity contribution in [3.63, 3.8) is 0 Å². The number of rotatable bonds is 1. The van der Waals surface area contributed by atoms with Crippen LogP contribution in [-0.4, -0.2) is 9.97 Å². The van der Waals surface area contributed by atoms with E-state index in [1.807, 2.05) is 6.92 Å². The summed E-state index contributed by atoms with van der Waals surface area (Å²) in [7, 11) is 0. The Labute approximate surface area is 104 Å². The number of aryl methyl sites for hydroxylation is 4. The maximum Gasteiger partial charge on any atom is 0.138 e. The average molecular weight is 279 g/mol. The van der Waals surface area contributed by atoms with E-state index in [1.54, 1.807) is 0 Å². The molecule has 1 aromatic carbocycles. The molecule has 0 spiro atoms. The summed E-state index contributed by atoms with van der Waals surface area (Å²) >= 11 is 3.51. The molecule has 0 radical (unpaired) electrons. The summed E-state index contributed by atoms with van der Waals surface area (Å²) in [6, 6.07) is 4.24. The molecule has 0 aliphatic rings. The highest BCUT2D eigenvalue weighted by Crippen LogP contribution is 2.28. The number of nitrogens with one attached hydrogen (secondary N) is 1. The molecule has 84 valence electrons. The van der Waals surface area contributed by atoms with Crippen molar-refractivity contribution in [1.29, 1.82) is 0 Å².